The summed E-state index contributed by atoms with van der Waals surface area (Å²) in [6.45, 7) is 2.09. The van der Waals surface area contributed by atoms with Crippen LogP contribution < -0.4 is 10.1 Å². The summed E-state index contributed by atoms with van der Waals surface area (Å²) in [4.78, 5) is 24.4. The first-order valence-corrected chi connectivity index (χ1v) is 7.10. The Balaban J connectivity index is 1.57. The molecule has 6 nitrogen and oxygen atoms in total. The molecule has 0 unspecified atom stereocenters. The van der Waals surface area contributed by atoms with Crippen molar-refractivity contribution in [1.82, 2.24) is 10.2 Å². The molecule has 1 fully saturated rings. The number of hydrogen-bond acceptors (Lipinski definition) is 4. The average Bonchev–Trinajstić information content (AvgIpc) is 2.88. The number of nitrogens with one attached hydrogen (secondary N) is 1. The monoisotopic (exact) mass is 312 g/mol. The first-order valence-electron chi connectivity index (χ1n) is 6.72. The van der Waals surface area contributed by atoms with Crippen molar-refractivity contribution in [1.29, 1.82) is 0 Å². The maximum atomic E-state index is 11.6. The fraction of sp³-hybridized carbons (Fsp3) is 0.429. The van der Waals surface area contributed by atoms with Crippen LogP contribution >= 0.6 is 11.6 Å². The number of ether oxygens (including phenoxy) is 2. The highest BCUT2D eigenvalue weighted by Gasteiger charge is 2.20. The quantitative estimate of drug-likeness (QED) is 0.778. The third-order valence-corrected chi connectivity index (χ3v) is 3.21. The molecule has 7 heteroatoms. The van der Waals surface area contributed by atoms with Gasteiger partial charge in [-0.2, -0.15) is 0 Å². The van der Waals surface area contributed by atoms with Crippen LogP contribution in [0.5, 0.6) is 5.75 Å². The highest BCUT2D eigenvalue weighted by atomic mass is 35.5. The van der Waals surface area contributed by atoms with Gasteiger partial charge < -0.3 is 19.7 Å². The number of hydrogen-bond donors (Lipinski definition) is 1. The molecule has 114 valence electrons. The van der Waals surface area contributed by atoms with Crippen LogP contribution in [0.4, 0.5) is 4.79 Å². The summed E-state index contributed by atoms with van der Waals surface area (Å²) in [5.41, 5.74) is 0. The molecule has 1 aliphatic rings. The SMILES string of the molecule is O=C(COc1ccc(Cl)cc1)NCCCN1CCOC1=O. The minimum absolute atomic E-state index is 0.0482. The third kappa shape index (κ3) is 5.15. The smallest absolute Gasteiger partial charge is 0.409 e. The molecule has 2 rings (SSSR count). The molecule has 1 N–H and O–H groups in total. The van der Waals surface area contributed by atoms with E-state index in [2.05, 4.69) is 5.32 Å². The van der Waals surface area contributed by atoms with Crippen molar-refractivity contribution in [2.45, 2.75) is 6.42 Å². The summed E-state index contributed by atoms with van der Waals surface area (Å²) >= 11 is 5.75. The molecule has 0 saturated carbocycles. The van der Waals surface area contributed by atoms with Crippen molar-refractivity contribution < 1.29 is 19.1 Å². The lowest BCUT2D eigenvalue weighted by Crippen LogP contribution is -2.32. The number of nitrogens with zero attached hydrogens (tertiary/aromatic N) is 1. The number of rotatable bonds is 7. The van der Waals surface area contributed by atoms with Crippen LogP contribution in [0, 0.1) is 0 Å². The van der Waals surface area contributed by atoms with Gasteiger partial charge >= 0.3 is 6.09 Å². The number of carbonyl (C=O) groups is 2. The minimum atomic E-state index is -0.285. The van der Waals surface area contributed by atoms with E-state index in [4.69, 9.17) is 21.1 Å². The second-order valence-corrected chi connectivity index (χ2v) is 4.98. The van der Waals surface area contributed by atoms with Crippen LogP contribution in [0.15, 0.2) is 24.3 Å². The van der Waals surface area contributed by atoms with Gasteiger partial charge in [0.05, 0.1) is 6.54 Å². The molecule has 0 atom stereocenters. The lowest BCUT2D eigenvalue weighted by molar-refractivity contribution is -0.123. The van der Waals surface area contributed by atoms with Crippen molar-refractivity contribution in [3.63, 3.8) is 0 Å². The summed E-state index contributed by atoms with van der Waals surface area (Å²) < 4.78 is 10.1. The number of halogens is 1. The van der Waals surface area contributed by atoms with Gasteiger partial charge in [0.2, 0.25) is 0 Å². The standard InChI is InChI=1S/C14H17ClN2O4/c15-11-2-4-12(5-3-11)21-10-13(18)16-6-1-7-17-8-9-20-14(17)19/h2-5H,1,6-10H2,(H,16,18). The van der Waals surface area contributed by atoms with Gasteiger partial charge in [0.15, 0.2) is 6.61 Å². The molecule has 21 heavy (non-hydrogen) atoms. The Morgan fingerprint density at radius 2 is 2.14 bits per heavy atom. The largest absolute Gasteiger partial charge is 0.484 e. The van der Waals surface area contributed by atoms with E-state index in [0.29, 0.717) is 43.4 Å². The zero-order valence-corrected chi connectivity index (χ0v) is 12.3. The fourth-order valence-corrected chi connectivity index (χ4v) is 1.98. The van der Waals surface area contributed by atoms with Gasteiger partial charge in [0.25, 0.3) is 5.91 Å². The summed E-state index contributed by atoms with van der Waals surface area (Å²) in [5, 5.41) is 3.35. The normalized spacial score (nSPS) is 14.0. The first kappa shape index (κ1) is 15.4. The molecular weight excluding hydrogens is 296 g/mol. The molecule has 0 spiro atoms. The Morgan fingerprint density at radius 1 is 1.38 bits per heavy atom. The van der Waals surface area contributed by atoms with E-state index in [1.807, 2.05) is 0 Å². The highest BCUT2D eigenvalue weighted by molar-refractivity contribution is 6.30. The Labute approximate surface area is 128 Å². The lowest BCUT2D eigenvalue weighted by Gasteiger charge is -2.12. The molecular formula is C14H17ClN2O4. The van der Waals surface area contributed by atoms with Gasteiger partial charge in [-0.25, -0.2) is 4.79 Å². The van der Waals surface area contributed by atoms with E-state index in [0.717, 1.165) is 0 Å². The van der Waals surface area contributed by atoms with E-state index in [1.54, 1.807) is 29.2 Å². The van der Waals surface area contributed by atoms with Crippen molar-refractivity contribution in [3.8, 4) is 5.75 Å². The topological polar surface area (TPSA) is 67.9 Å². The van der Waals surface area contributed by atoms with Gasteiger partial charge in [-0.05, 0) is 30.7 Å². The van der Waals surface area contributed by atoms with Crippen molar-refractivity contribution in [3.05, 3.63) is 29.3 Å². The summed E-state index contributed by atoms with van der Waals surface area (Å²) in [6, 6.07) is 6.80. The van der Waals surface area contributed by atoms with Crippen molar-refractivity contribution in [2.75, 3.05) is 32.8 Å². The molecule has 0 bridgehead atoms. The van der Waals surface area contributed by atoms with Crippen LogP contribution in [0.1, 0.15) is 6.42 Å². The van der Waals surface area contributed by atoms with E-state index in [1.165, 1.54) is 0 Å². The number of amides is 2. The average molecular weight is 313 g/mol. The third-order valence-electron chi connectivity index (χ3n) is 2.96. The zero-order valence-electron chi connectivity index (χ0n) is 11.5. The van der Waals surface area contributed by atoms with E-state index in [-0.39, 0.29) is 18.6 Å². The van der Waals surface area contributed by atoms with Crippen molar-refractivity contribution >= 4 is 23.6 Å². The first-order chi connectivity index (χ1) is 10.1. The lowest BCUT2D eigenvalue weighted by atomic mass is 10.3. The number of cyclic esters (lactones) is 1. The van der Waals surface area contributed by atoms with E-state index >= 15 is 0 Å². The predicted molar refractivity (Wildman–Crippen MR) is 77.5 cm³/mol. The Bertz CT molecular complexity index is 492. The van der Waals surface area contributed by atoms with Gasteiger partial charge in [-0.1, -0.05) is 11.6 Å². The van der Waals surface area contributed by atoms with Gasteiger partial charge in [0.1, 0.15) is 12.4 Å². The molecule has 0 aliphatic carbocycles. The van der Waals surface area contributed by atoms with Gasteiger partial charge in [-0.15, -0.1) is 0 Å². The minimum Gasteiger partial charge on any atom is -0.484 e. The number of benzene rings is 1. The Hall–Kier alpha value is -1.95. The predicted octanol–water partition coefficient (Wildman–Crippen LogP) is 1.68. The van der Waals surface area contributed by atoms with Crippen LogP contribution in [0.25, 0.3) is 0 Å². The molecule has 1 aromatic carbocycles. The van der Waals surface area contributed by atoms with Crippen LogP contribution in [-0.4, -0.2) is 49.7 Å². The second-order valence-electron chi connectivity index (χ2n) is 4.55. The molecule has 0 radical (unpaired) electrons. The summed E-state index contributed by atoms with van der Waals surface area (Å²) in [7, 11) is 0. The molecule has 1 aliphatic heterocycles. The molecule has 1 aromatic rings. The molecule has 1 saturated heterocycles. The van der Waals surface area contributed by atoms with E-state index in [9.17, 15) is 9.59 Å². The second kappa shape index (κ2) is 7.73. The molecule has 0 aromatic heterocycles. The van der Waals surface area contributed by atoms with Gasteiger partial charge in [0, 0.05) is 18.1 Å². The van der Waals surface area contributed by atoms with E-state index < -0.39 is 0 Å². The maximum absolute atomic E-state index is 11.6. The molecule has 1 heterocycles. The van der Waals surface area contributed by atoms with Gasteiger partial charge in [-0.3, -0.25) is 4.79 Å². The zero-order chi connectivity index (χ0) is 15.1. The van der Waals surface area contributed by atoms with Crippen molar-refractivity contribution in [2.24, 2.45) is 0 Å². The van der Waals surface area contributed by atoms with Crippen LogP contribution in [0.2, 0.25) is 5.02 Å². The maximum Gasteiger partial charge on any atom is 0.409 e. The Kier molecular flexibility index (Phi) is 5.68. The highest BCUT2D eigenvalue weighted by Crippen LogP contribution is 2.15. The van der Waals surface area contributed by atoms with Crippen LogP contribution in [0.3, 0.4) is 0 Å². The van der Waals surface area contributed by atoms with Crippen LogP contribution in [-0.2, 0) is 9.53 Å². The summed E-state index contributed by atoms with van der Waals surface area (Å²) in [6.07, 6.45) is 0.398. The number of carbonyl (C=O) groups excluding carboxylic acids is 2. The fourth-order valence-electron chi connectivity index (χ4n) is 1.86. The Morgan fingerprint density at radius 3 is 2.81 bits per heavy atom. The summed E-state index contributed by atoms with van der Waals surface area (Å²) in [5.74, 6) is 0.392. The molecule has 2 amide bonds.